The molecule has 0 spiro atoms. The van der Waals surface area contributed by atoms with Crippen LogP contribution in [0.3, 0.4) is 0 Å². The van der Waals surface area contributed by atoms with E-state index in [0.717, 1.165) is 59.9 Å². The lowest BCUT2D eigenvalue weighted by molar-refractivity contribution is 0.0453. The number of benzene rings is 1. The predicted molar refractivity (Wildman–Crippen MR) is 98.4 cm³/mol. The van der Waals surface area contributed by atoms with Crippen LogP contribution in [0.5, 0.6) is 0 Å². The SMILES string of the molecule is Cc1noc(C)c1COC1CCN(Cc2cn[nH]c2-c2ccc(F)cc2)C1. The van der Waals surface area contributed by atoms with Gasteiger partial charge in [-0.2, -0.15) is 5.10 Å². The van der Waals surface area contributed by atoms with Gasteiger partial charge in [-0.3, -0.25) is 10.00 Å². The van der Waals surface area contributed by atoms with Gasteiger partial charge < -0.3 is 9.26 Å². The number of nitrogens with one attached hydrogen (secondary N) is 1. The fraction of sp³-hybridized carbons (Fsp3) is 0.400. The quantitative estimate of drug-likeness (QED) is 0.718. The van der Waals surface area contributed by atoms with E-state index in [9.17, 15) is 4.39 Å². The Labute approximate surface area is 157 Å². The third kappa shape index (κ3) is 3.94. The van der Waals surface area contributed by atoms with Gasteiger partial charge in [0.1, 0.15) is 11.6 Å². The van der Waals surface area contributed by atoms with Crippen LogP contribution in [0.4, 0.5) is 4.39 Å². The molecule has 6 nitrogen and oxygen atoms in total. The zero-order valence-corrected chi connectivity index (χ0v) is 15.5. The molecule has 7 heteroatoms. The van der Waals surface area contributed by atoms with Gasteiger partial charge in [0.15, 0.2) is 0 Å². The van der Waals surface area contributed by atoms with E-state index in [0.29, 0.717) is 6.61 Å². The van der Waals surface area contributed by atoms with Gasteiger partial charge in [0.05, 0.1) is 30.3 Å². The highest BCUT2D eigenvalue weighted by Crippen LogP contribution is 2.25. The summed E-state index contributed by atoms with van der Waals surface area (Å²) in [5.74, 6) is 0.585. The molecule has 142 valence electrons. The van der Waals surface area contributed by atoms with E-state index in [1.165, 1.54) is 12.1 Å². The van der Waals surface area contributed by atoms with Crippen LogP contribution in [0.1, 0.15) is 29.0 Å². The van der Waals surface area contributed by atoms with Crippen LogP contribution in [0.15, 0.2) is 35.0 Å². The number of likely N-dealkylation sites (tertiary alicyclic amines) is 1. The average molecular weight is 370 g/mol. The second-order valence-corrected chi connectivity index (χ2v) is 7.04. The van der Waals surface area contributed by atoms with Gasteiger partial charge in [0, 0.05) is 36.3 Å². The highest BCUT2D eigenvalue weighted by atomic mass is 19.1. The van der Waals surface area contributed by atoms with Crippen LogP contribution in [-0.4, -0.2) is 39.4 Å². The second-order valence-electron chi connectivity index (χ2n) is 7.04. The first-order valence-corrected chi connectivity index (χ1v) is 9.14. The van der Waals surface area contributed by atoms with Crippen molar-refractivity contribution >= 4 is 0 Å². The number of aromatic nitrogens is 3. The summed E-state index contributed by atoms with van der Waals surface area (Å²) in [5.41, 5.74) is 4.92. The standard InChI is InChI=1S/C20H23FN4O2/c1-13-19(14(2)27-24-13)12-26-18-7-8-25(11-18)10-16-9-22-23-20(16)15-3-5-17(21)6-4-15/h3-6,9,18H,7-8,10-12H2,1-2H3,(H,22,23). The smallest absolute Gasteiger partial charge is 0.139 e. The first kappa shape index (κ1) is 17.9. The lowest BCUT2D eigenvalue weighted by Gasteiger charge is -2.16. The Morgan fingerprint density at radius 2 is 2.11 bits per heavy atom. The van der Waals surface area contributed by atoms with Crippen molar-refractivity contribution in [2.24, 2.45) is 0 Å². The molecule has 0 saturated carbocycles. The molecular formula is C20H23FN4O2. The summed E-state index contributed by atoms with van der Waals surface area (Å²) >= 11 is 0. The third-order valence-corrected chi connectivity index (χ3v) is 5.12. The fourth-order valence-corrected chi connectivity index (χ4v) is 3.52. The first-order valence-electron chi connectivity index (χ1n) is 9.14. The number of hydrogen-bond donors (Lipinski definition) is 1. The summed E-state index contributed by atoms with van der Waals surface area (Å²) in [6.45, 7) is 7.01. The van der Waals surface area contributed by atoms with E-state index in [2.05, 4.69) is 20.3 Å². The van der Waals surface area contributed by atoms with Crippen molar-refractivity contribution < 1.29 is 13.7 Å². The lowest BCUT2D eigenvalue weighted by Crippen LogP contribution is -2.23. The molecule has 0 bridgehead atoms. The first-order chi connectivity index (χ1) is 13.1. The topological polar surface area (TPSA) is 67.2 Å². The summed E-state index contributed by atoms with van der Waals surface area (Å²) in [6, 6.07) is 6.47. The van der Waals surface area contributed by atoms with E-state index >= 15 is 0 Å². The van der Waals surface area contributed by atoms with Crippen LogP contribution >= 0.6 is 0 Å². The van der Waals surface area contributed by atoms with Gasteiger partial charge in [-0.1, -0.05) is 5.16 Å². The number of hydrogen-bond acceptors (Lipinski definition) is 5. The van der Waals surface area contributed by atoms with Gasteiger partial charge in [-0.25, -0.2) is 4.39 Å². The van der Waals surface area contributed by atoms with Crippen LogP contribution in [0.2, 0.25) is 0 Å². The maximum Gasteiger partial charge on any atom is 0.139 e. The molecule has 1 aromatic carbocycles. The van der Waals surface area contributed by atoms with Crippen molar-refractivity contribution in [1.29, 1.82) is 0 Å². The Morgan fingerprint density at radius 3 is 2.85 bits per heavy atom. The lowest BCUT2D eigenvalue weighted by atomic mass is 10.1. The Bertz CT molecular complexity index is 884. The number of halogens is 1. The minimum absolute atomic E-state index is 0.194. The normalized spacial score (nSPS) is 17.7. The van der Waals surface area contributed by atoms with E-state index in [1.807, 2.05) is 20.0 Å². The molecule has 1 atom stereocenters. The molecule has 1 aliphatic rings. The van der Waals surface area contributed by atoms with Gasteiger partial charge in [0.25, 0.3) is 0 Å². The van der Waals surface area contributed by atoms with E-state index in [1.54, 1.807) is 12.1 Å². The minimum atomic E-state index is -0.238. The van der Waals surface area contributed by atoms with Gasteiger partial charge in [-0.15, -0.1) is 0 Å². The van der Waals surface area contributed by atoms with E-state index in [-0.39, 0.29) is 11.9 Å². The molecular weight excluding hydrogens is 347 g/mol. The van der Waals surface area contributed by atoms with Gasteiger partial charge >= 0.3 is 0 Å². The molecule has 1 unspecified atom stereocenters. The summed E-state index contributed by atoms with van der Waals surface area (Å²) in [5, 5.41) is 11.2. The second kappa shape index (κ2) is 7.62. The largest absolute Gasteiger partial charge is 0.372 e. The molecule has 3 aromatic rings. The monoisotopic (exact) mass is 370 g/mol. The molecule has 0 amide bonds. The Balaban J connectivity index is 1.35. The number of rotatable bonds is 6. The molecule has 1 N–H and O–H groups in total. The van der Waals surface area contributed by atoms with Crippen LogP contribution in [-0.2, 0) is 17.9 Å². The zero-order valence-electron chi connectivity index (χ0n) is 15.5. The van der Waals surface area contributed by atoms with Gasteiger partial charge in [0.2, 0.25) is 0 Å². The number of aryl methyl sites for hydroxylation is 2. The maximum absolute atomic E-state index is 13.2. The molecule has 2 aromatic heterocycles. The van der Waals surface area contributed by atoms with Crippen molar-refractivity contribution in [3.63, 3.8) is 0 Å². The predicted octanol–water partition coefficient (Wildman–Crippen LogP) is 3.61. The number of nitrogens with zero attached hydrogens (tertiary/aromatic N) is 3. The molecule has 3 heterocycles. The minimum Gasteiger partial charge on any atom is -0.372 e. The molecule has 1 aliphatic heterocycles. The highest BCUT2D eigenvalue weighted by molar-refractivity contribution is 5.62. The van der Waals surface area contributed by atoms with Crippen LogP contribution in [0.25, 0.3) is 11.3 Å². The average Bonchev–Trinajstić information content (AvgIpc) is 3.37. The number of ether oxygens (including phenoxy) is 1. The summed E-state index contributed by atoms with van der Waals surface area (Å²) < 4.78 is 24.4. The van der Waals surface area contributed by atoms with Crippen molar-refractivity contribution in [2.75, 3.05) is 13.1 Å². The molecule has 0 radical (unpaired) electrons. The van der Waals surface area contributed by atoms with Gasteiger partial charge in [-0.05, 0) is 44.5 Å². The highest BCUT2D eigenvalue weighted by Gasteiger charge is 2.25. The van der Waals surface area contributed by atoms with Crippen molar-refractivity contribution in [1.82, 2.24) is 20.3 Å². The van der Waals surface area contributed by atoms with E-state index in [4.69, 9.17) is 9.26 Å². The van der Waals surface area contributed by atoms with E-state index < -0.39 is 0 Å². The van der Waals surface area contributed by atoms with Crippen molar-refractivity contribution in [3.8, 4) is 11.3 Å². The molecule has 1 fully saturated rings. The van der Waals surface area contributed by atoms with Crippen LogP contribution < -0.4 is 0 Å². The third-order valence-electron chi connectivity index (χ3n) is 5.12. The molecule has 4 rings (SSSR count). The summed E-state index contributed by atoms with van der Waals surface area (Å²) in [4.78, 5) is 2.36. The Hall–Kier alpha value is -2.51. The number of H-pyrrole nitrogens is 1. The molecule has 0 aliphatic carbocycles. The zero-order chi connectivity index (χ0) is 18.8. The Kier molecular flexibility index (Phi) is 5.05. The fourth-order valence-electron chi connectivity index (χ4n) is 3.52. The van der Waals surface area contributed by atoms with Crippen molar-refractivity contribution in [3.05, 3.63) is 58.9 Å². The summed E-state index contributed by atoms with van der Waals surface area (Å²) in [6.07, 6.45) is 3.03. The van der Waals surface area contributed by atoms with Crippen LogP contribution in [0, 0.1) is 19.7 Å². The van der Waals surface area contributed by atoms with Crippen molar-refractivity contribution in [2.45, 2.75) is 39.5 Å². The Morgan fingerprint density at radius 1 is 1.30 bits per heavy atom. The summed E-state index contributed by atoms with van der Waals surface area (Å²) in [7, 11) is 0. The molecule has 27 heavy (non-hydrogen) atoms. The maximum atomic E-state index is 13.2. The molecule has 1 saturated heterocycles. The number of aromatic amines is 1.